The van der Waals surface area contributed by atoms with Crippen molar-refractivity contribution in [3.63, 3.8) is 0 Å². The van der Waals surface area contributed by atoms with E-state index in [1.165, 1.54) is 6.20 Å². The van der Waals surface area contributed by atoms with Crippen LogP contribution in [0.3, 0.4) is 0 Å². The molecule has 29 heavy (non-hydrogen) atoms. The molecule has 1 aliphatic carbocycles. The highest BCUT2D eigenvalue weighted by molar-refractivity contribution is 7.98. The van der Waals surface area contributed by atoms with Crippen LogP contribution in [0.25, 0.3) is 0 Å². The maximum atomic E-state index is 14.3. The van der Waals surface area contributed by atoms with Crippen molar-refractivity contribution in [3.05, 3.63) is 46.6 Å². The molecule has 0 aromatic heterocycles. The monoisotopic (exact) mass is 435 g/mol. The second-order valence-electron chi connectivity index (χ2n) is 7.56. The molecule has 0 amide bonds. The third-order valence-electron chi connectivity index (χ3n) is 5.67. The minimum Gasteiger partial charge on any atom is -0.405 e. The number of carbonyl (C=O) groups is 1. The van der Waals surface area contributed by atoms with Crippen molar-refractivity contribution in [2.45, 2.75) is 43.2 Å². The minimum absolute atomic E-state index is 0.177. The second kappa shape index (κ2) is 9.35. The number of aliphatic imine (C=N–C) groups is 1. The topological polar surface area (TPSA) is 58.7 Å². The molecule has 156 valence electrons. The Morgan fingerprint density at radius 3 is 2.83 bits per heavy atom. The number of thioether (sulfide) groups is 1. The van der Waals surface area contributed by atoms with Crippen molar-refractivity contribution in [3.8, 4) is 0 Å². The molecule has 0 radical (unpaired) electrons. The van der Waals surface area contributed by atoms with Gasteiger partial charge in [0, 0.05) is 17.9 Å². The third-order valence-corrected chi connectivity index (χ3v) is 6.92. The molecule has 0 unspecified atom stereocenters. The average Bonchev–Trinajstić information content (AvgIpc) is 2.69. The van der Waals surface area contributed by atoms with Crippen LogP contribution < -0.4 is 10.6 Å². The van der Waals surface area contributed by atoms with E-state index in [1.54, 1.807) is 17.8 Å². The Morgan fingerprint density at radius 2 is 2.21 bits per heavy atom. The van der Waals surface area contributed by atoms with Crippen LogP contribution in [0, 0.1) is 5.92 Å². The summed E-state index contributed by atoms with van der Waals surface area (Å²) in [6.45, 7) is 2.61. The second-order valence-corrected chi connectivity index (χ2v) is 8.79. The maximum absolute atomic E-state index is 14.3. The van der Waals surface area contributed by atoms with Gasteiger partial charge < -0.3 is 15.4 Å². The van der Waals surface area contributed by atoms with E-state index in [0.717, 1.165) is 33.8 Å². The van der Waals surface area contributed by atoms with Crippen molar-refractivity contribution in [1.29, 1.82) is 0 Å². The summed E-state index contributed by atoms with van der Waals surface area (Å²) in [5, 5.41) is 0.657. The molecule has 0 spiro atoms. The first kappa shape index (κ1) is 21.9. The van der Waals surface area contributed by atoms with E-state index < -0.39 is 5.67 Å². The van der Waals surface area contributed by atoms with E-state index in [9.17, 15) is 9.18 Å². The number of nitrogens with two attached hydrogens (primary N) is 1. The van der Waals surface area contributed by atoms with Crippen LogP contribution in [0.5, 0.6) is 0 Å². The molecule has 7 heteroatoms. The molecule has 2 aliphatic rings. The number of alkyl halides is 1. The predicted octanol–water partition coefficient (Wildman–Crippen LogP) is 4.95. The van der Waals surface area contributed by atoms with E-state index >= 15 is 0 Å². The van der Waals surface area contributed by atoms with E-state index in [4.69, 9.17) is 22.3 Å². The van der Waals surface area contributed by atoms with E-state index in [0.29, 0.717) is 37.3 Å². The molecule has 1 fully saturated rings. The molecule has 2 N–H and O–H groups in total. The van der Waals surface area contributed by atoms with Crippen LogP contribution in [-0.2, 0) is 11.2 Å². The van der Waals surface area contributed by atoms with Crippen molar-refractivity contribution in [2.75, 3.05) is 24.2 Å². The van der Waals surface area contributed by atoms with Gasteiger partial charge in [-0.3, -0.25) is 4.99 Å². The van der Waals surface area contributed by atoms with Gasteiger partial charge in [-0.2, -0.15) is 0 Å². The normalized spacial score (nSPS) is 26.8. The third kappa shape index (κ3) is 4.53. The van der Waals surface area contributed by atoms with E-state index in [2.05, 4.69) is 0 Å². The molecule has 1 aromatic rings. The SMILES string of the molecule is CCC1(F)CC(C\N=C2/C(=C\C=C\N)Cc3ccc(Cl)c(SC)c3N2CC=O)C1. The molecule has 0 atom stereocenters. The Kier molecular flexibility index (Phi) is 7.06. The molecule has 1 heterocycles. The van der Waals surface area contributed by atoms with Crippen molar-refractivity contribution in [2.24, 2.45) is 16.6 Å². The number of anilines is 1. The molecule has 4 nitrogen and oxygen atoms in total. The number of hydrogen-bond acceptors (Lipinski definition) is 4. The Balaban J connectivity index is 2.01. The summed E-state index contributed by atoms with van der Waals surface area (Å²) in [4.78, 5) is 19.3. The van der Waals surface area contributed by atoms with Gasteiger partial charge in [0.1, 0.15) is 17.8 Å². The number of hydrogen-bond donors (Lipinski definition) is 1. The van der Waals surface area contributed by atoms with Gasteiger partial charge in [0.25, 0.3) is 0 Å². The number of benzene rings is 1. The number of allylic oxidation sites excluding steroid dienone is 2. The Labute approximate surface area is 181 Å². The molecule has 0 saturated heterocycles. The highest BCUT2D eigenvalue weighted by Gasteiger charge is 2.43. The fourth-order valence-electron chi connectivity index (χ4n) is 4.14. The van der Waals surface area contributed by atoms with Crippen LogP contribution >= 0.6 is 23.4 Å². The number of halogens is 2. The Bertz CT molecular complexity index is 862. The largest absolute Gasteiger partial charge is 0.405 e. The van der Waals surface area contributed by atoms with Crippen molar-refractivity contribution in [1.82, 2.24) is 0 Å². The standard InChI is InChI=1S/C22H27ClFN3OS/c1-3-22(24)12-15(13-22)14-26-21-17(5-4-8-25)11-16-6-7-18(23)20(29-2)19(16)27(21)9-10-28/h4-8,10,15H,3,9,11-14,25H2,1-2H3/b8-4+,17-5-,26-21+. The zero-order valence-corrected chi connectivity index (χ0v) is 18.4. The van der Waals surface area contributed by atoms with Crippen molar-refractivity contribution < 1.29 is 9.18 Å². The first-order valence-corrected chi connectivity index (χ1v) is 11.4. The van der Waals surface area contributed by atoms with Gasteiger partial charge in [-0.25, -0.2) is 4.39 Å². The van der Waals surface area contributed by atoms with Gasteiger partial charge in [0.15, 0.2) is 0 Å². The minimum atomic E-state index is -1.03. The number of aldehydes is 1. The summed E-state index contributed by atoms with van der Waals surface area (Å²) in [7, 11) is 0. The summed E-state index contributed by atoms with van der Waals surface area (Å²) < 4.78 is 14.3. The van der Waals surface area contributed by atoms with Crippen LogP contribution in [0.15, 0.2) is 45.9 Å². The van der Waals surface area contributed by atoms with Crippen LogP contribution in [0.4, 0.5) is 10.1 Å². The van der Waals surface area contributed by atoms with Gasteiger partial charge in [-0.15, -0.1) is 11.8 Å². The summed E-state index contributed by atoms with van der Waals surface area (Å²) in [6.07, 6.45) is 10.3. The highest BCUT2D eigenvalue weighted by Crippen LogP contribution is 2.45. The fourth-order valence-corrected chi connectivity index (χ4v) is 5.22. The lowest BCUT2D eigenvalue weighted by Gasteiger charge is -2.41. The van der Waals surface area contributed by atoms with Crippen LogP contribution in [-0.4, -0.2) is 37.1 Å². The summed E-state index contributed by atoms with van der Waals surface area (Å²) in [5.41, 5.74) is 7.52. The first-order chi connectivity index (χ1) is 14.0. The van der Waals surface area contributed by atoms with Gasteiger partial charge in [-0.1, -0.05) is 30.7 Å². The van der Waals surface area contributed by atoms with E-state index in [1.807, 2.05) is 36.3 Å². The summed E-state index contributed by atoms with van der Waals surface area (Å²) in [6, 6.07) is 3.89. The zero-order valence-electron chi connectivity index (χ0n) is 16.8. The number of carbonyl (C=O) groups excluding carboxylic acids is 1. The number of amidine groups is 1. The molecular weight excluding hydrogens is 409 g/mol. The molecular formula is C22H27ClFN3OS. The lowest BCUT2D eigenvalue weighted by molar-refractivity contribution is -0.106. The van der Waals surface area contributed by atoms with Gasteiger partial charge in [0.2, 0.25) is 0 Å². The zero-order chi connectivity index (χ0) is 21.0. The van der Waals surface area contributed by atoms with Gasteiger partial charge in [-0.05, 0) is 60.9 Å². The lowest BCUT2D eigenvalue weighted by atomic mass is 9.71. The quantitative estimate of drug-likeness (QED) is 0.486. The van der Waals surface area contributed by atoms with Crippen LogP contribution in [0.1, 0.15) is 31.7 Å². The Morgan fingerprint density at radius 1 is 1.45 bits per heavy atom. The average molecular weight is 436 g/mol. The van der Waals surface area contributed by atoms with Crippen LogP contribution in [0.2, 0.25) is 5.02 Å². The number of fused-ring (bicyclic) bond motifs is 1. The Hall–Kier alpha value is -1.79. The smallest absolute Gasteiger partial charge is 0.139 e. The first-order valence-electron chi connectivity index (χ1n) is 9.84. The number of nitrogens with zero attached hydrogens (tertiary/aromatic N) is 2. The lowest BCUT2D eigenvalue weighted by Crippen LogP contribution is -2.42. The fraction of sp³-hybridized carbons (Fsp3) is 0.455. The maximum Gasteiger partial charge on any atom is 0.139 e. The molecule has 1 aromatic carbocycles. The summed E-state index contributed by atoms with van der Waals surface area (Å²) in [5.74, 6) is 0.978. The van der Waals surface area contributed by atoms with Crippen molar-refractivity contribution >= 4 is 41.2 Å². The molecule has 3 rings (SSSR count). The highest BCUT2D eigenvalue weighted by atomic mass is 35.5. The number of rotatable bonds is 7. The van der Waals surface area contributed by atoms with Gasteiger partial charge in [0.05, 0.1) is 17.3 Å². The molecule has 1 aliphatic heterocycles. The molecule has 0 bridgehead atoms. The van der Waals surface area contributed by atoms with E-state index in [-0.39, 0.29) is 12.5 Å². The summed E-state index contributed by atoms with van der Waals surface area (Å²) >= 11 is 8.00. The predicted molar refractivity (Wildman–Crippen MR) is 121 cm³/mol. The van der Waals surface area contributed by atoms with Gasteiger partial charge >= 0.3 is 0 Å². The molecule has 1 saturated carbocycles.